The van der Waals surface area contributed by atoms with Crippen LogP contribution in [0.2, 0.25) is 0 Å². The second-order valence-corrected chi connectivity index (χ2v) is 4.71. The van der Waals surface area contributed by atoms with E-state index in [-0.39, 0.29) is 6.10 Å². The van der Waals surface area contributed by atoms with Gasteiger partial charge in [-0.25, -0.2) is 4.98 Å². The van der Waals surface area contributed by atoms with E-state index >= 15 is 0 Å². The highest BCUT2D eigenvalue weighted by Crippen LogP contribution is 2.10. The van der Waals surface area contributed by atoms with Crippen LogP contribution in [-0.2, 0) is 4.74 Å². The molecule has 1 N–H and O–H groups in total. The largest absolute Gasteiger partial charge is 0.374 e. The van der Waals surface area contributed by atoms with Gasteiger partial charge in [0.15, 0.2) is 0 Å². The molecule has 5 heteroatoms. The van der Waals surface area contributed by atoms with Crippen molar-refractivity contribution in [1.29, 1.82) is 0 Å². The molecular formula is C13H22N4O. The summed E-state index contributed by atoms with van der Waals surface area (Å²) in [4.78, 5) is 11.2. The zero-order valence-corrected chi connectivity index (χ0v) is 11.4. The molecule has 1 aliphatic rings. The number of morpholine rings is 1. The summed E-state index contributed by atoms with van der Waals surface area (Å²) in [5, 5.41) is 3.34. The maximum Gasteiger partial charge on any atom is 0.147 e. The summed E-state index contributed by atoms with van der Waals surface area (Å²) in [5.74, 6) is 0.868. The highest BCUT2D eigenvalue weighted by molar-refractivity contribution is 5.39. The van der Waals surface area contributed by atoms with Crippen molar-refractivity contribution in [3.05, 3.63) is 17.6 Å². The fraction of sp³-hybridized carbons (Fsp3) is 0.692. The fourth-order valence-electron chi connectivity index (χ4n) is 2.11. The molecule has 1 aromatic rings. The van der Waals surface area contributed by atoms with Crippen molar-refractivity contribution in [3.8, 4) is 0 Å². The zero-order chi connectivity index (χ0) is 13.0. The summed E-state index contributed by atoms with van der Waals surface area (Å²) >= 11 is 0. The zero-order valence-electron chi connectivity index (χ0n) is 11.4. The standard InChI is InChI=1S/C13H22N4O/c1-4-17-5-6-18-12(9-17)8-15-13-11(3)14-7-10(2)16-13/h7,12H,4-6,8-9H2,1-3H3,(H,15,16). The number of aryl methyl sites for hydroxylation is 2. The second-order valence-electron chi connectivity index (χ2n) is 4.71. The van der Waals surface area contributed by atoms with E-state index in [9.17, 15) is 0 Å². The predicted molar refractivity (Wildman–Crippen MR) is 71.8 cm³/mol. The van der Waals surface area contributed by atoms with Crippen LogP contribution in [0.5, 0.6) is 0 Å². The molecule has 0 spiro atoms. The maximum atomic E-state index is 5.75. The van der Waals surface area contributed by atoms with E-state index in [4.69, 9.17) is 4.74 Å². The number of ether oxygens (including phenoxy) is 1. The van der Waals surface area contributed by atoms with Crippen LogP contribution in [0.3, 0.4) is 0 Å². The van der Waals surface area contributed by atoms with Gasteiger partial charge in [-0.15, -0.1) is 0 Å². The third-order valence-corrected chi connectivity index (χ3v) is 3.24. The smallest absolute Gasteiger partial charge is 0.147 e. The Morgan fingerprint density at radius 2 is 2.33 bits per heavy atom. The van der Waals surface area contributed by atoms with Crippen LogP contribution in [0.4, 0.5) is 5.82 Å². The lowest BCUT2D eigenvalue weighted by atomic mass is 10.2. The predicted octanol–water partition coefficient (Wildman–Crippen LogP) is 1.23. The maximum absolute atomic E-state index is 5.75. The molecule has 0 radical (unpaired) electrons. The van der Waals surface area contributed by atoms with Gasteiger partial charge in [-0.1, -0.05) is 6.92 Å². The first-order valence-electron chi connectivity index (χ1n) is 6.57. The Morgan fingerprint density at radius 1 is 1.50 bits per heavy atom. The Hall–Kier alpha value is -1.20. The summed E-state index contributed by atoms with van der Waals surface area (Å²) in [6.07, 6.45) is 2.02. The van der Waals surface area contributed by atoms with Crippen molar-refractivity contribution in [1.82, 2.24) is 14.9 Å². The molecule has 0 amide bonds. The van der Waals surface area contributed by atoms with E-state index in [1.807, 2.05) is 13.8 Å². The van der Waals surface area contributed by atoms with Crippen molar-refractivity contribution >= 4 is 5.82 Å². The molecule has 1 atom stereocenters. The molecule has 0 saturated carbocycles. The first-order chi connectivity index (χ1) is 8.69. The number of hydrogen-bond acceptors (Lipinski definition) is 5. The highest BCUT2D eigenvalue weighted by Gasteiger charge is 2.19. The minimum atomic E-state index is 0.236. The number of anilines is 1. The molecule has 2 heterocycles. The average molecular weight is 250 g/mol. The Balaban J connectivity index is 1.89. The van der Waals surface area contributed by atoms with Crippen LogP contribution in [0.15, 0.2) is 6.20 Å². The molecule has 5 nitrogen and oxygen atoms in total. The van der Waals surface area contributed by atoms with E-state index < -0.39 is 0 Å². The van der Waals surface area contributed by atoms with E-state index in [2.05, 4.69) is 27.1 Å². The Kier molecular flexibility index (Phi) is 4.49. The van der Waals surface area contributed by atoms with Gasteiger partial charge in [-0.2, -0.15) is 0 Å². The van der Waals surface area contributed by atoms with Gasteiger partial charge >= 0.3 is 0 Å². The van der Waals surface area contributed by atoms with Crippen LogP contribution >= 0.6 is 0 Å². The molecule has 1 fully saturated rings. The van der Waals surface area contributed by atoms with Crippen molar-refractivity contribution < 1.29 is 4.74 Å². The molecule has 0 bridgehead atoms. The molecular weight excluding hydrogens is 228 g/mol. The molecule has 1 saturated heterocycles. The van der Waals surface area contributed by atoms with Crippen LogP contribution in [0.1, 0.15) is 18.3 Å². The van der Waals surface area contributed by atoms with Crippen LogP contribution in [0, 0.1) is 13.8 Å². The van der Waals surface area contributed by atoms with E-state index in [1.54, 1.807) is 6.20 Å². The number of likely N-dealkylation sites (N-methyl/N-ethyl adjacent to an activating group) is 1. The van der Waals surface area contributed by atoms with Gasteiger partial charge in [0, 0.05) is 25.8 Å². The minimum absolute atomic E-state index is 0.236. The molecule has 2 rings (SSSR count). The first kappa shape index (κ1) is 13.2. The fourth-order valence-corrected chi connectivity index (χ4v) is 2.11. The summed E-state index contributed by atoms with van der Waals surface area (Å²) in [7, 11) is 0. The van der Waals surface area contributed by atoms with Crippen molar-refractivity contribution in [2.45, 2.75) is 26.9 Å². The molecule has 0 aromatic carbocycles. The Morgan fingerprint density at radius 3 is 3.11 bits per heavy atom. The molecule has 1 unspecified atom stereocenters. The quantitative estimate of drug-likeness (QED) is 0.871. The second kappa shape index (κ2) is 6.11. The number of nitrogens with one attached hydrogen (secondary N) is 1. The van der Waals surface area contributed by atoms with Gasteiger partial charge in [0.05, 0.1) is 24.1 Å². The third-order valence-electron chi connectivity index (χ3n) is 3.24. The van der Waals surface area contributed by atoms with Crippen molar-refractivity contribution in [3.63, 3.8) is 0 Å². The van der Waals surface area contributed by atoms with Gasteiger partial charge in [0.25, 0.3) is 0 Å². The van der Waals surface area contributed by atoms with Gasteiger partial charge in [-0.05, 0) is 20.4 Å². The summed E-state index contributed by atoms with van der Waals surface area (Å²) in [6.45, 7) is 10.8. The first-order valence-corrected chi connectivity index (χ1v) is 6.57. The minimum Gasteiger partial charge on any atom is -0.374 e. The monoisotopic (exact) mass is 250 g/mol. The van der Waals surface area contributed by atoms with Crippen molar-refractivity contribution in [2.24, 2.45) is 0 Å². The third kappa shape index (κ3) is 3.40. The van der Waals surface area contributed by atoms with E-state index in [1.165, 1.54) is 0 Å². The Labute approximate surface area is 109 Å². The number of rotatable bonds is 4. The lowest BCUT2D eigenvalue weighted by Crippen LogP contribution is -2.45. The normalized spacial score (nSPS) is 20.9. The van der Waals surface area contributed by atoms with Crippen molar-refractivity contribution in [2.75, 3.05) is 38.1 Å². The van der Waals surface area contributed by atoms with E-state index in [0.717, 1.165) is 50.0 Å². The lowest BCUT2D eigenvalue weighted by molar-refractivity contribution is -0.0192. The number of nitrogens with zero attached hydrogens (tertiary/aromatic N) is 3. The molecule has 0 aliphatic carbocycles. The number of aromatic nitrogens is 2. The van der Waals surface area contributed by atoms with E-state index in [0.29, 0.717) is 0 Å². The highest BCUT2D eigenvalue weighted by atomic mass is 16.5. The summed E-state index contributed by atoms with van der Waals surface area (Å²) < 4.78 is 5.75. The Bertz CT molecular complexity index is 397. The lowest BCUT2D eigenvalue weighted by Gasteiger charge is -2.32. The molecule has 100 valence electrons. The molecule has 18 heavy (non-hydrogen) atoms. The molecule has 1 aromatic heterocycles. The van der Waals surface area contributed by atoms with Crippen LogP contribution < -0.4 is 5.32 Å². The van der Waals surface area contributed by atoms with Gasteiger partial charge in [0.2, 0.25) is 0 Å². The van der Waals surface area contributed by atoms with Crippen LogP contribution in [0.25, 0.3) is 0 Å². The van der Waals surface area contributed by atoms with Crippen LogP contribution in [-0.4, -0.2) is 53.8 Å². The van der Waals surface area contributed by atoms with Gasteiger partial charge in [-0.3, -0.25) is 9.88 Å². The van der Waals surface area contributed by atoms with Gasteiger partial charge in [0.1, 0.15) is 5.82 Å². The average Bonchev–Trinajstić information content (AvgIpc) is 2.40. The van der Waals surface area contributed by atoms with Gasteiger partial charge < -0.3 is 10.1 Å². The topological polar surface area (TPSA) is 50.3 Å². The summed E-state index contributed by atoms with van der Waals surface area (Å²) in [5.41, 5.74) is 1.87. The summed E-state index contributed by atoms with van der Waals surface area (Å²) in [6, 6.07) is 0. The SMILES string of the molecule is CCN1CCOC(CNc2nc(C)cnc2C)C1. The number of hydrogen-bond donors (Lipinski definition) is 1. The molecule has 1 aliphatic heterocycles.